The van der Waals surface area contributed by atoms with Crippen molar-refractivity contribution in [1.82, 2.24) is 29.9 Å². The average Bonchev–Trinajstić information content (AvgIpc) is 3.63. The summed E-state index contributed by atoms with van der Waals surface area (Å²) in [5, 5.41) is 7.35. The Kier molecular flexibility index (Phi) is 9.22. The van der Waals surface area contributed by atoms with Gasteiger partial charge in [0.05, 0.1) is 18.8 Å². The third-order valence-corrected chi connectivity index (χ3v) is 6.79. The molecule has 1 aliphatic rings. The molecule has 1 aliphatic heterocycles. The van der Waals surface area contributed by atoms with Gasteiger partial charge < -0.3 is 28.8 Å². The first-order valence-corrected chi connectivity index (χ1v) is 14.4. The zero-order valence-electron chi connectivity index (χ0n) is 25.9. The van der Waals surface area contributed by atoms with Crippen LogP contribution in [0.1, 0.15) is 95.5 Å². The Morgan fingerprint density at radius 3 is 2.52 bits per heavy atom. The smallest absolute Gasteiger partial charge is 0.410 e. The van der Waals surface area contributed by atoms with Crippen LogP contribution in [0.4, 0.5) is 10.6 Å². The maximum absolute atomic E-state index is 14.4. The van der Waals surface area contributed by atoms with E-state index in [1.165, 1.54) is 6.39 Å². The Labute approximate surface area is 247 Å². The number of carbonyl (C=O) groups excluding carboxylic acids is 2. The number of anilines is 1. The van der Waals surface area contributed by atoms with Crippen LogP contribution in [-0.2, 0) is 16.7 Å². The molecule has 1 N–H and O–H groups in total. The SMILES string of the molecule is CC(C)CN(C(=O)c1cnc(C(C)(C)C)nc1NCc1ccco1)C1CC(c2ncon2)CN(C(=O)OC(C)(C)C)C1. The van der Waals surface area contributed by atoms with Crippen molar-refractivity contribution in [3.8, 4) is 0 Å². The number of piperidine rings is 1. The van der Waals surface area contributed by atoms with Crippen molar-refractivity contribution in [1.29, 1.82) is 0 Å². The minimum absolute atomic E-state index is 0.156. The Balaban J connectivity index is 1.69. The van der Waals surface area contributed by atoms with Gasteiger partial charge in [-0.05, 0) is 45.2 Å². The van der Waals surface area contributed by atoms with Crippen LogP contribution in [0, 0.1) is 5.92 Å². The number of likely N-dealkylation sites (tertiary alicyclic amines) is 1. The number of hydrogen-bond acceptors (Lipinski definition) is 10. The van der Waals surface area contributed by atoms with Gasteiger partial charge in [-0.3, -0.25) is 4.79 Å². The van der Waals surface area contributed by atoms with E-state index in [-0.39, 0.29) is 29.2 Å². The normalized spacial score (nSPS) is 17.8. The summed E-state index contributed by atoms with van der Waals surface area (Å²) < 4.78 is 16.2. The fourth-order valence-corrected chi connectivity index (χ4v) is 4.88. The third kappa shape index (κ3) is 7.86. The fraction of sp³-hybridized carbons (Fsp3) is 0.600. The number of aromatic nitrogens is 4. The molecule has 3 aromatic rings. The quantitative estimate of drug-likeness (QED) is 0.375. The Morgan fingerprint density at radius 2 is 1.93 bits per heavy atom. The summed E-state index contributed by atoms with van der Waals surface area (Å²) in [6, 6.07) is 3.33. The molecule has 4 heterocycles. The van der Waals surface area contributed by atoms with Crippen LogP contribution in [-0.4, -0.2) is 73.2 Å². The van der Waals surface area contributed by atoms with Crippen LogP contribution in [0.5, 0.6) is 0 Å². The molecular weight excluding hydrogens is 538 g/mol. The van der Waals surface area contributed by atoms with Gasteiger partial charge in [0.15, 0.2) is 5.82 Å². The van der Waals surface area contributed by atoms with Gasteiger partial charge in [-0.1, -0.05) is 39.8 Å². The number of furan rings is 1. The van der Waals surface area contributed by atoms with Gasteiger partial charge in [-0.15, -0.1) is 0 Å². The molecule has 0 bridgehead atoms. The van der Waals surface area contributed by atoms with E-state index in [9.17, 15) is 9.59 Å². The molecule has 42 heavy (non-hydrogen) atoms. The molecule has 2 unspecified atom stereocenters. The predicted molar refractivity (Wildman–Crippen MR) is 156 cm³/mol. The van der Waals surface area contributed by atoms with E-state index in [4.69, 9.17) is 18.7 Å². The molecule has 12 nitrogen and oxygen atoms in total. The first-order chi connectivity index (χ1) is 19.7. The van der Waals surface area contributed by atoms with E-state index >= 15 is 0 Å². The van der Waals surface area contributed by atoms with Crippen LogP contribution in [0.3, 0.4) is 0 Å². The van der Waals surface area contributed by atoms with E-state index in [1.54, 1.807) is 17.4 Å². The van der Waals surface area contributed by atoms with E-state index in [0.717, 1.165) is 0 Å². The highest BCUT2D eigenvalue weighted by molar-refractivity contribution is 5.98. The van der Waals surface area contributed by atoms with Gasteiger partial charge in [0.1, 0.15) is 28.6 Å². The van der Waals surface area contributed by atoms with Gasteiger partial charge in [0.2, 0.25) is 6.39 Å². The second-order valence-electron chi connectivity index (χ2n) is 13.3. The molecule has 2 atom stereocenters. The van der Waals surface area contributed by atoms with Crippen molar-refractivity contribution >= 4 is 17.8 Å². The Hall–Kier alpha value is -3.96. The molecule has 0 aliphatic carbocycles. The summed E-state index contributed by atoms with van der Waals surface area (Å²) >= 11 is 0. The van der Waals surface area contributed by atoms with Crippen molar-refractivity contribution < 1.29 is 23.3 Å². The highest BCUT2D eigenvalue weighted by atomic mass is 16.6. The molecule has 1 fully saturated rings. The minimum atomic E-state index is -0.667. The minimum Gasteiger partial charge on any atom is -0.467 e. The van der Waals surface area contributed by atoms with Gasteiger partial charge in [0.25, 0.3) is 5.91 Å². The fourth-order valence-electron chi connectivity index (χ4n) is 4.88. The molecule has 0 aromatic carbocycles. The molecule has 228 valence electrons. The first kappa shape index (κ1) is 31.0. The zero-order valence-corrected chi connectivity index (χ0v) is 25.9. The highest BCUT2D eigenvalue weighted by Crippen LogP contribution is 2.31. The Bertz CT molecular complexity index is 1330. The first-order valence-electron chi connectivity index (χ1n) is 14.4. The van der Waals surface area contributed by atoms with E-state index in [1.807, 2.05) is 58.6 Å². The van der Waals surface area contributed by atoms with Crippen molar-refractivity contribution in [3.63, 3.8) is 0 Å². The third-order valence-electron chi connectivity index (χ3n) is 6.79. The van der Waals surface area contributed by atoms with Gasteiger partial charge in [-0.2, -0.15) is 4.98 Å². The van der Waals surface area contributed by atoms with Crippen molar-refractivity contribution in [3.05, 3.63) is 54.0 Å². The number of amides is 2. The van der Waals surface area contributed by atoms with E-state index < -0.39 is 11.7 Å². The maximum atomic E-state index is 14.4. The monoisotopic (exact) mass is 581 g/mol. The standard InChI is InChI=1S/C30H43N7O5/c1-19(2)15-37(21-12-20(24-33-18-41-35-24)16-36(17-21)28(39)42-30(6,7)8)26(38)23-14-32-27(29(3,4)5)34-25(23)31-13-22-10-9-11-40-22/h9-11,14,18-21H,12-13,15-17H2,1-8H3,(H,31,32,34). The summed E-state index contributed by atoms with van der Waals surface area (Å²) in [5.41, 5.74) is -0.643. The summed E-state index contributed by atoms with van der Waals surface area (Å²) in [5.74, 6) is 1.93. The van der Waals surface area contributed by atoms with E-state index in [0.29, 0.717) is 61.4 Å². The highest BCUT2D eigenvalue weighted by Gasteiger charge is 2.40. The molecule has 2 amide bonds. The summed E-state index contributed by atoms with van der Waals surface area (Å²) in [6.45, 7) is 17.1. The second kappa shape index (κ2) is 12.5. The maximum Gasteiger partial charge on any atom is 0.410 e. The number of ether oxygens (including phenoxy) is 1. The van der Waals surface area contributed by atoms with Crippen molar-refractivity contribution in [2.75, 3.05) is 25.0 Å². The lowest BCUT2D eigenvalue weighted by Crippen LogP contribution is -2.55. The lowest BCUT2D eigenvalue weighted by molar-refractivity contribution is 0.00594. The van der Waals surface area contributed by atoms with Crippen LogP contribution in [0.25, 0.3) is 0 Å². The molecule has 4 rings (SSSR count). The number of nitrogens with zero attached hydrogens (tertiary/aromatic N) is 6. The molecule has 3 aromatic heterocycles. The zero-order chi connectivity index (χ0) is 30.7. The van der Waals surface area contributed by atoms with Crippen LogP contribution >= 0.6 is 0 Å². The topological polar surface area (TPSA) is 140 Å². The van der Waals surface area contributed by atoms with E-state index in [2.05, 4.69) is 34.3 Å². The molecule has 0 spiro atoms. The lowest BCUT2D eigenvalue weighted by Gasteiger charge is -2.42. The number of nitrogens with one attached hydrogen (secondary N) is 1. The summed E-state index contributed by atoms with van der Waals surface area (Å²) in [4.78, 5) is 44.7. The van der Waals surface area contributed by atoms with Crippen molar-refractivity contribution in [2.45, 2.75) is 91.3 Å². The lowest BCUT2D eigenvalue weighted by atomic mass is 9.91. The largest absolute Gasteiger partial charge is 0.467 e. The molecule has 1 saturated heterocycles. The average molecular weight is 582 g/mol. The molecule has 0 saturated carbocycles. The molecule has 12 heteroatoms. The molecule has 0 radical (unpaired) electrons. The van der Waals surface area contributed by atoms with Crippen LogP contribution in [0.15, 0.2) is 39.9 Å². The van der Waals surface area contributed by atoms with Gasteiger partial charge >= 0.3 is 6.09 Å². The van der Waals surface area contributed by atoms with Crippen LogP contribution in [0.2, 0.25) is 0 Å². The van der Waals surface area contributed by atoms with Crippen LogP contribution < -0.4 is 5.32 Å². The van der Waals surface area contributed by atoms with Gasteiger partial charge in [-0.25, -0.2) is 14.8 Å². The summed E-state index contributed by atoms with van der Waals surface area (Å²) in [6.07, 6.45) is 4.58. The van der Waals surface area contributed by atoms with Gasteiger partial charge in [0, 0.05) is 37.2 Å². The number of rotatable bonds is 8. The summed E-state index contributed by atoms with van der Waals surface area (Å²) in [7, 11) is 0. The predicted octanol–water partition coefficient (Wildman–Crippen LogP) is 5.25. The number of carbonyl (C=O) groups is 2. The molecular formula is C30H43N7O5. The Morgan fingerprint density at radius 1 is 1.17 bits per heavy atom. The van der Waals surface area contributed by atoms with Crippen molar-refractivity contribution in [2.24, 2.45) is 5.92 Å². The second-order valence-corrected chi connectivity index (χ2v) is 13.3. The number of hydrogen-bond donors (Lipinski definition) is 1.